The second kappa shape index (κ2) is 5.24. The van der Waals surface area contributed by atoms with Crippen LogP contribution in [0.4, 0.5) is 0 Å². The predicted octanol–water partition coefficient (Wildman–Crippen LogP) is -0.571. The molecule has 1 heterocycles. The van der Waals surface area contributed by atoms with Crippen LogP contribution in [0, 0.1) is 0 Å². The van der Waals surface area contributed by atoms with Crippen molar-refractivity contribution in [3.05, 3.63) is 22.7 Å². The van der Waals surface area contributed by atoms with Gasteiger partial charge in [0.25, 0.3) is 0 Å². The van der Waals surface area contributed by atoms with Gasteiger partial charge in [-0.15, -0.1) is 0 Å². The molecule has 1 atom stereocenters. The van der Waals surface area contributed by atoms with Gasteiger partial charge in [0.2, 0.25) is 0 Å². The summed E-state index contributed by atoms with van der Waals surface area (Å²) in [5, 5.41) is 19.0. The van der Waals surface area contributed by atoms with Gasteiger partial charge in [0.15, 0.2) is 0 Å². The predicted molar refractivity (Wildman–Crippen MR) is 64.5 cm³/mol. The SMILES string of the molecule is NC[C@@H]1OB(O)c2c(OCCO)ccc(Cl)c21. The van der Waals surface area contributed by atoms with E-state index in [9.17, 15) is 5.02 Å². The van der Waals surface area contributed by atoms with Crippen LogP contribution in [0.2, 0.25) is 5.02 Å². The second-order valence-electron chi connectivity index (χ2n) is 3.66. The van der Waals surface area contributed by atoms with Crippen LogP contribution in [0.5, 0.6) is 5.75 Å². The lowest BCUT2D eigenvalue weighted by Gasteiger charge is -2.12. The molecule has 92 valence electrons. The molecular weight excluding hydrogens is 244 g/mol. The Morgan fingerprint density at radius 2 is 2.29 bits per heavy atom. The fraction of sp³-hybridized carbons (Fsp3) is 0.400. The minimum absolute atomic E-state index is 0.103. The average molecular weight is 257 g/mol. The van der Waals surface area contributed by atoms with Crippen LogP contribution in [-0.2, 0) is 4.65 Å². The summed E-state index contributed by atoms with van der Waals surface area (Å²) in [7, 11) is -1.09. The number of aliphatic hydroxyl groups is 1. The number of halogens is 1. The van der Waals surface area contributed by atoms with E-state index in [1.54, 1.807) is 12.1 Å². The van der Waals surface area contributed by atoms with E-state index in [4.69, 9.17) is 31.8 Å². The number of benzene rings is 1. The fourth-order valence-corrected chi connectivity index (χ4v) is 2.20. The van der Waals surface area contributed by atoms with Gasteiger partial charge in [-0.3, -0.25) is 0 Å². The van der Waals surface area contributed by atoms with Crippen molar-refractivity contribution in [2.24, 2.45) is 5.73 Å². The molecule has 1 aromatic rings. The molecule has 0 aromatic heterocycles. The topological polar surface area (TPSA) is 84.9 Å². The fourth-order valence-electron chi connectivity index (χ4n) is 1.92. The molecule has 2 rings (SSSR count). The molecule has 1 aliphatic rings. The second-order valence-corrected chi connectivity index (χ2v) is 4.06. The third-order valence-corrected chi connectivity index (χ3v) is 2.95. The van der Waals surface area contributed by atoms with Crippen LogP contribution in [-0.4, -0.2) is 37.0 Å². The average Bonchev–Trinajstić information content (AvgIpc) is 2.67. The Labute approximate surface area is 104 Å². The van der Waals surface area contributed by atoms with Crippen LogP contribution >= 0.6 is 11.6 Å². The van der Waals surface area contributed by atoms with Crippen LogP contribution in [0.3, 0.4) is 0 Å². The number of rotatable bonds is 4. The number of ether oxygens (including phenoxy) is 1. The van der Waals surface area contributed by atoms with Crippen molar-refractivity contribution in [3.63, 3.8) is 0 Å². The third-order valence-electron chi connectivity index (χ3n) is 2.62. The number of nitrogens with two attached hydrogens (primary N) is 1. The molecule has 0 radical (unpaired) electrons. The molecule has 0 bridgehead atoms. The standard InChI is InChI=1S/C10H13BClNO4/c12-6-1-2-7(16-4-3-14)10-9(6)8(5-13)17-11(10)15/h1-2,8,14-15H,3-5,13H2/t8-/m0/s1. The zero-order valence-electron chi connectivity index (χ0n) is 9.10. The Hall–Kier alpha value is -0.785. The highest BCUT2D eigenvalue weighted by Crippen LogP contribution is 2.32. The summed E-state index contributed by atoms with van der Waals surface area (Å²) < 4.78 is 10.6. The molecule has 0 saturated heterocycles. The van der Waals surface area contributed by atoms with Crippen molar-refractivity contribution in [2.75, 3.05) is 19.8 Å². The molecule has 0 fully saturated rings. The van der Waals surface area contributed by atoms with Gasteiger partial charge in [-0.2, -0.15) is 0 Å². The van der Waals surface area contributed by atoms with Crippen molar-refractivity contribution < 1.29 is 19.5 Å². The highest BCUT2D eigenvalue weighted by Gasteiger charge is 2.39. The summed E-state index contributed by atoms with van der Waals surface area (Å²) in [5.41, 5.74) is 6.72. The number of hydrogen-bond acceptors (Lipinski definition) is 5. The van der Waals surface area contributed by atoms with Gasteiger partial charge < -0.3 is 25.3 Å². The Morgan fingerprint density at radius 1 is 1.53 bits per heavy atom. The minimum Gasteiger partial charge on any atom is -0.492 e. The lowest BCUT2D eigenvalue weighted by atomic mass is 9.78. The first-order valence-corrected chi connectivity index (χ1v) is 5.66. The summed E-state index contributed by atoms with van der Waals surface area (Å²) in [5.74, 6) is 0.460. The third kappa shape index (κ3) is 2.27. The molecule has 0 aliphatic carbocycles. The molecular formula is C10H13BClNO4. The highest BCUT2D eigenvalue weighted by molar-refractivity contribution is 6.63. The van der Waals surface area contributed by atoms with Gasteiger partial charge in [-0.1, -0.05) is 11.6 Å². The molecule has 1 aliphatic heterocycles. The molecule has 7 heteroatoms. The van der Waals surface area contributed by atoms with E-state index < -0.39 is 13.2 Å². The lowest BCUT2D eigenvalue weighted by molar-refractivity contribution is 0.197. The number of aliphatic hydroxyl groups excluding tert-OH is 1. The van der Waals surface area contributed by atoms with Crippen LogP contribution in [0.1, 0.15) is 11.7 Å². The zero-order chi connectivity index (χ0) is 12.4. The van der Waals surface area contributed by atoms with Gasteiger partial charge in [0, 0.05) is 22.6 Å². The van der Waals surface area contributed by atoms with Crippen molar-refractivity contribution in [2.45, 2.75) is 6.10 Å². The quantitative estimate of drug-likeness (QED) is 0.629. The number of fused-ring (bicyclic) bond motifs is 1. The Kier molecular flexibility index (Phi) is 3.91. The first kappa shape index (κ1) is 12.7. The van der Waals surface area contributed by atoms with E-state index >= 15 is 0 Å². The maximum Gasteiger partial charge on any atom is 0.495 e. The molecule has 1 aromatic carbocycles. The normalized spacial score (nSPS) is 18.4. The number of hydrogen-bond donors (Lipinski definition) is 3. The molecule has 0 saturated carbocycles. The van der Waals surface area contributed by atoms with Gasteiger partial charge in [-0.05, 0) is 12.1 Å². The highest BCUT2D eigenvalue weighted by atomic mass is 35.5. The van der Waals surface area contributed by atoms with Crippen molar-refractivity contribution in [3.8, 4) is 5.75 Å². The van der Waals surface area contributed by atoms with Gasteiger partial charge in [-0.25, -0.2) is 0 Å². The maximum atomic E-state index is 9.81. The summed E-state index contributed by atoms with van der Waals surface area (Å²) >= 11 is 6.06. The first-order valence-electron chi connectivity index (χ1n) is 5.28. The molecule has 4 N–H and O–H groups in total. The summed E-state index contributed by atoms with van der Waals surface area (Å²) in [6, 6.07) is 3.31. The molecule has 0 amide bonds. The van der Waals surface area contributed by atoms with E-state index in [1.807, 2.05) is 0 Å². The van der Waals surface area contributed by atoms with Crippen molar-refractivity contribution in [1.29, 1.82) is 0 Å². The van der Waals surface area contributed by atoms with Gasteiger partial charge in [0.05, 0.1) is 12.7 Å². The first-order chi connectivity index (χ1) is 8.19. The van der Waals surface area contributed by atoms with Gasteiger partial charge in [0.1, 0.15) is 12.4 Å². The van der Waals surface area contributed by atoms with E-state index in [1.165, 1.54) is 0 Å². The van der Waals surface area contributed by atoms with E-state index in [-0.39, 0.29) is 19.8 Å². The summed E-state index contributed by atoms with van der Waals surface area (Å²) in [6.45, 7) is 0.274. The molecule has 0 unspecified atom stereocenters. The van der Waals surface area contributed by atoms with Crippen LogP contribution in [0.25, 0.3) is 0 Å². The van der Waals surface area contributed by atoms with E-state index in [0.29, 0.717) is 21.8 Å². The Bertz CT molecular complexity index is 418. The Balaban J connectivity index is 2.42. The van der Waals surface area contributed by atoms with Crippen molar-refractivity contribution in [1.82, 2.24) is 0 Å². The summed E-state index contributed by atoms with van der Waals surface area (Å²) in [6.07, 6.45) is -0.426. The minimum atomic E-state index is -1.09. The lowest BCUT2D eigenvalue weighted by Crippen LogP contribution is -2.30. The van der Waals surface area contributed by atoms with Crippen molar-refractivity contribution >= 4 is 24.2 Å². The summed E-state index contributed by atoms with van der Waals surface area (Å²) in [4.78, 5) is 0. The Morgan fingerprint density at radius 3 is 2.94 bits per heavy atom. The zero-order valence-corrected chi connectivity index (χ0v) is 9.85. The van der Waals surface area contributed by atoms with E-state index in [2.05, 4.69) is 0 Å². The monoisotopic (exact) mass is 257 g/mol. The van der Waals surface area contributed by atoms with Crippen LogP contribution in [0.15, 0.2) is 12.1 Å². The van der Waals surface area contributed by atoms with Gasteiger partial charge >= 0.3 is 7.12 Å². The van der Waals surface area contributed by atoms with E-state index in [0.717, 1.165) is 0 Å². The smallest absolute Gasteiger partial charge is 0.492 e. The molecule has 17 heavy (non-hydrogen) atoms. The largest absolute Gasteiger partial charge is 0.495 e. The van der Waals surface area contributed by atoms with Crippen LogP contribution < -0.4 is 15.9 Å². The maximum absolute atomic E-state index is 9.81. The molecule has 0 spiro atoms. The molecule has 5 nitrogen and oxygen atoms in total.